The van der Waals surface area contributed by atoms with Crippen molar-refractivity contribution in [3.05, 3.63) is 30.3 Å². The maximum atomic E-state index is 11.8. The number of nitrogens with one attached hydrogen (secondary N) is 1. The Hall–Kier alpha value is -2.04. The van der Waals surface area contributed by atoms with E-state index >= 15 is 0 Å². The van der Waals surface area contributed by atoms with Crippen molar-refractivity contribution < 1.29 is 14.3 Å². The molecule has 19 heavy (non-hydrogen) atoms. The second-order valence-corrected chi connectivity index (χ2v) is 4.03. The molecule has 0 saturated carbocycles. The van der Waals surface area contributed by atoms with Crippen molar-refractivity contribution in [3.63, 3.8) is 0 Å². The number of esters is 1. The van der Waals surface area contributed by atoms with E-state index in [-0.39, 0.29) is 24.8 Å². The summed E-state index contributed by atoms with van der Waals surface area (Å²) in [4.78, 5) is 24.6. The van der Waals surface area contributed by atoms with Gasteiger partial charge in [0, 0.05) is 18.8 Å². The Labute approximate surface area is 113 Å². The van der Waals surface area contributed by atoms with Gasteiger partial charge in [-0.1, -0.05) is 18.2 Å². The first-order valence-corrected chi connectivity index (χ1v) is 6.31. The van der Waals surface area contributed by atoms with Gasteiger partial charge in [-0.25, -0.2) is 0 Å². The number of para-hydroxylation sites is 1. The molecule has 0 spiro atoms. The standard InChI is InChI=1S/C14H20N2O3/c1-3-16(12-7-5-4-6-8-12)11-13(17)15-10-9-14(18)19-2/h4-8H,3,9-11H2,1-2H3,(H,15,17). The summed E-state index contributed by atoms with van der Waals surface area (Å²) < 4.78 is 4.50. The highest BCUT2D eigenvalue weighted by Gasteiger charge is 2.09. The third kappa shape index (κ3) is 5.42. The number of carbonyl (C=O) groups is 2. The van der Waals surface area contributed by atoms with E-state index < -0.39 is 0 Å². The van der Waals surface area contributed by atoms with E-state index in [4.69, 9.17) is 0 Å². The van der Waals surface area contributed by atoms with E-state index in [0.717, 1.165) is 12.2 Å². The summed E-state index contributed by atoms with van der Waals surface area (Å²) in [7, 11) is 1.33. The smallest absolute Gasteiger partial charge is 0.307 e. The normalized spacial score (nSPS) is 9.79. The molecule has 0 saturated heterocycles. The van der Waals surface area contributed by atoms with E-state index in [1.54, 1.807) is 0 Å². The Kier molecular flexibility index (Phi) is 6.43. The lowest BCUT2D eigenvalue weighted by atomic mass is 10.3. The minimum atomic E-state index is -0.323. The molecule has 0 heterocycles. The monoisotopic (exact) mass is 264 g/mol. The molecule has 0 aliphatic carbocycles. The number of likely N-dealkylation sites (N-methyl/N-ethyl adjacent to an activating group) is 1. The fraction of sp³-hybridized carbons (Fsp3) is 0.429. The van der Waals surface area contributed by atoms with Crippen LogP contribution >= 0.6 is 0 Å². The highest BCUT2D eigenvalue weighted by molar-refractivity contribution is 5.81. The van der Waals surface area contributed by atoms with Crippen LogP contribution in [0, 0.1) is 0 Å². The molecule has 1 aromatic carbocycles. The van der Waals surface area contributed by atoms with Crippen molar-refractivity contribution in [2.24, 2.45) is 0 Å². The summed E-state index contributed by atoms with van der Waals surface area (Å²) in [6, 6.07) is 9.74. The van der Waals surface area contributed by atoms with Crippen LogP contribution in [0.2, 0.25) is 0 Å². The van der Waals surface area contributed by atoms with Crippen LogP contribution in [-0.4, -0.2) is 38.6 Å². The largest absolute Gasteiger partial charge is 0.469 e. The molecule has 1 amide bonds. The van der Waals surface area contributed by atoms with Crippen LogP contribution in [0.5, 0.6) is 0 Å². The van der Waals surface area contributed by atoms with Gasteiger partial charge in [-0.15, -0.1) is 0 Å². The zero-order valence-corrected chi connectivity index (χ0v) is 11.4. The summed E-state index contributed by atoms with van der Waals surface area (Å²) in [6.07, 6.45) is 0.194. The van der Waals surface area contributed by atoms with Crippen molar-refractivity contribution >= 4 is 17.6 Å². The van der Waals surface area contributed by atoms with Gasteiger partial charge in [0.25, 0.3) is 0 Å². The molecular weight excluding hydrogens is 244 g/mol. The molecule has 1 rings (SSSR count). The Morgan fingerprint density at radius 2 is 1.95 bits per heavy atom. The van der Waals surface area contributed by atoms with E-state index in [9.17, 15) is 9.59 Å². The molecule has 0 bridgehead atoms. The van der Waals surface area contributed by atoms with E-state index in [0.29, 0.717) is 6.54 Å². The first-order chi connectivity index (χ1) is 9.17. The van der Waals surface area contributed by atoms with Crippen molar-refractivity contribution in [2.75, 3.05) is 31.6 Å². The molecule has 1 aromatic rings. The SMILES string of the molecule is CCN(CC(=O)NCCC(=O)OC)c1ccccc1. The molecule has 0 aliphatic heterocycles. The fourth-order valence-electron chi connectivity index (χ4n) is 1.66. The maximum Gasteiger partial charge on any atom is 0.307 e. The average molecular weight is 264 g/mol. The van der Waals surface area contributed by atoms with E-state index in [1.165, 1.54) is 7.11 Å². The van der Waals surface area contributed by atoms with Crippen LogP contribution in [0.3, 0.4) is 0 Å². The summed E-state index contributed by atoms with van der Waals surface area (Å²) in [5.74, 6) is -0.426. The molecule has 1 N–H and O–H groups in total. The number of methoxy groups -OCH3 is 1. The first kappa shape index (κ1) is 15.0. The second-order valence-electron chi connectivity index (χ2n) is 4.03. The van der Waals surface area contributed by atoms with Gasteiger partial charge in [0.15, 0.2) is 0 Å². The number of hydrogen-bond donors (Lipinski definition) is 1. The molecule has 0 aromatic heterocycles. The number of benzene rings is 1. The van der Waals surface area contributed by atoms with Crippen LogP contribution in [0.4, 0.5) is 5.69 Å². The Balaban J connectivity index is 2.40. The van der Waals surface area contributed by atoms with Crippen molar-refractivity contribution in [2.45, 2.75) is 13.3 Å². The minimum Gasteiger partial charge on any atom is -0.469 e. The number of nitrogens with zero attached hydrogens (tertiary/aromatic N) is 1. The summed E-state index contributed by atoms with van der Waals surface area (Å²) in [5.41, 5.74) is 1.01. The molecule has 0 unspecified atom stereocenters. The van der Waals surface area contributed by atoms with Crippen LogP contribution < -0.4 is 10.2 Å². The van der Waals surface area contributed by atoms with E-state index in [2.05, 4.69) is 10.1 Å². The quantitative estimate of drug-likeness (QED) is 0.752. The van der Waals surface area contributed by atoms with Gasteiger partial charge in [-0.3, -0.25) is 9.59 Å². The van der Waals surface area contributed by atoms with Crippen LogP contribution in [0.25, 0.3) is 0 Å². The second kappa shape index (κ2) is 8.13. The number of hydrogen-bond acceptors (Lipinski definition) is 4. The Bertz CT molecular complexity index is 406. The van der Waals surface area contributed by atoms with Gasteiger partial charge < -0.3 is 15.0 Å². The third-order valence-corrected chi connectivity index (χ3v) is 2.72. The lowest BCUT2D eigenvalue weighted by molar-refractivity contribution is -0.140. The van der Waals surface area contributed by atoms with Crippen LogP contribution in [0.15, 0.2) is 30.3 Å². The van der Waals surface area contributed by atoms with Crippen molar-refractivity contribution in [1.82, 2.24) is 5.32 Å². The summed E-state index contributed by atoms with van der Waals surface area (Å²) in [5, 5.41) is 2.70. The van der Waals surface area contributed by atoms with Gasteiger partial charge in [-0.05, 0) is 19.1 Å². The topological polar surface area (TPSA) is 58.6 Å². The zero-order chi connectivity index (χ0) is 14.1. The maximum absolute atomic E-state index is 11.8. The molecule has 0 atom stereocenters. The third-order valence-electron chi connectivity index (χ3n) is 2.72. The van der Waals surface area contributed by atoms with Gasteiger partial charge in [-0.2, -0.15) is 0 Å². The molecular formula is C14H20N2O3. The lowest BCUT2D eigenvalue weighted by Gasteiger charge is -2.22. The Morgan fingerprint density at radius 3 is 2.53 bits per heavy atom. The molecule has 0 aliphatic rings. The highest BCUT2D eigenvalue weighted by Crippen LogP contribution is 2.11. The fourth-order valence-corrected chi connectivity index (χ4v) is 1.66. The van der Waals surface area contributed by atoms with Gasteiger partial charge >= 0.3 is 5.97 Å². The van der Waals surface area contributed by atoms with E-state index in [1.807, 2.05) is 42.2 Å². The first-order valence-electron chi connectivity index (χ1n) is 6.31. The van der Waals surface area contributed by atoms with Crippen molar-refractivity contribution in [1.29, 1.82) is 0 Å². The van der Waals surface area contributed by atoms with Crippen molar-refractivity contribution in [3.8, 4) is 0 Å². The van der Waals surface area contributed by atoms with Crippen LogP contribution in [-0.2, 0) is 14.3 Å². The molecule has 5 nitrogen and oxygen atoms in total. The predicted octanol–water partition coefficient (Wildman–Crippen LogP) is 1.19. The molecule has 0 fully saturated rings. The summed E-state index contributed by atoms with van der Waals surface area (Å²) in [6.45, 7) is 3.32. The molecule has 5 heteroatoms. The number of ether oxygens (including phenoxy) is 1. The van der Waals surface area contributed by atoms with Crippen LogP contribution in [0.1, 0.15) is 13.3 Å². The average Bonchev–Trinajstić information content (AvgIpc) is 2.45. The van der Waals surface area contributed by atoms with Gasteiger partial charge in [0.05, 0.1) is 20.1 Å². The number of anilines is 1. The minimum absolute atomic E-state index is 0.102. The zero-order valence-electron chi connectivity index (χ0n) is 11.4. The Morgan fingerprint density at radius 1 is 1.26 bits per heavy atom. The van der Waals surface area contributed by atoms with Gasteiger partial charge in [0.1, 0.15) is 0 Å². The molecule has 0 radical (unpaired) electrons. The number of rotatable bonds is 7. The highest BCUT2D eigenvalue weighted by atomic mass is 16.5. The predicted molar refractivity (Wildman–Crippen MR) is 74.0 cm³/mol. The molecule has 104 valence electrons. The summed E-state index contributed by atoms with van der Waals surface area (Å²) >= 11 is 0. The lowest BCUT2D eigenvalue weighted by Crippen LogP contribution is -2.38. The van der Waals surface area contributed by atoms with Gasteiger partial charge in [0.2, 0.25) is 5.91 Å². The number of amides is 1. The number of carbonyl (C=O) groups excluding carboxylic acids is 2.